The Morgan fingerprint density at radius 2 is 1.67 bits per heavy atom. The van der Waals surface area contributed by atoms with E-state index in [4.69, 9.17) is 0 Å². The summed E-state index contributed by atoms with van der Waals surface area (Å²) in [6, 6.07) is 4.01. The van der Waals surface area contributed by atoms with Crippen LogP contribution in [0.1, 0.15) is 44.1 Å². The van der Waals surface area contributed by atoms with E-state index < -0.39 is 5.60 Å². The fourth-order valence-electron chi connectivity index (χ4n) is 2.44. The summed E-state index contributed by atoms with van der Waals surface area (Å²) < 4.78 is 0. The molecule has 0 atom stereocenters. The third-order valence-corrected chi connectivity index (χ3v) is 3.32. The summed E-state index contributed by atoms with van der Waals surface area (Å²) in [4.78, 5) is 4.00. The number of aromatic nitrogens is 1. The monoisotopic (exact) mass is 205 g/mol. The SMILES string of the molecule is OC1(Cc2ccncc2)CCCCCC1. The first-order valence-corrected chi connectivity index (χ1v) is 5.90. The molecule has 15 heavy (non-hydrogen) atoms. The van der Waals surface area contributed by atoms with E-state index in [0.717, 1.165) is 19.3 Å². The zero-order valence-electron chi connectivity index (χ0n) is 9.15. The van der Waals surface area contributed by atoms with Crippen LogP contribution in [-0.2, 0) is 6.42 Å². The lowest BCUT2D eigenvalue weighted by molar-refractivity contribution is 0.0252. The number of hydrogen-bond acceptors (Lipinski definition) is 2. The standard InChI is InChI=1S/C13H19NO/c15-13(7-3-1-2-4-8-13)11-12-5-9-14-10-6-12/h5-6,9-10,15H,1-4,7-8,11H2. The lowest BCUT2D eigenvalue weighted by atomic mass is 9.88. The highest BCUT2D eigenvalue weighted by atomic mass is 16.3. The van der Waals surface area contributed by atoms with Gasteiger partial charge in [0.1, 0.15) is 0 Å². The van der Waals surface area contributed by atoms with Crippen molar-refractivity contribution in [3.8, 4) is 0 Å². The molecule has 1 aromatic rings. The van der Waals surface area contributed by atoms with Crippen molar-refractivity contribution in [3.05, 3.63) is 30.1 Å². The maximum Gasteiger partial charge on any atom is 0.0688 e. The van der Waals surface area contributed by atoms with Crippen LogP contribution in [-0.4, -0.2) is 15.7 Å². The Morgan fingerprint density at radius 1 is 1.07 bits per heavy atom. The normalized spacial score (nSPS) is 20.9. The van der Waals surface area contributed by atoms with E-state index in [1.165, 1.54) is 31.2 Å². The molecule has 1 aliphatic rings. The molecule has 1 N–H and O–H groups in total. The molecule has 2 rings (SSSR count). The van der Waals surface area contributed by atoms with E-state index in [1.807, 2.05) is 12.1 Å². The van der Waals surface area contributed by atoms with Crippen LogP contribution in [0.4, 0.5) is 0 Å². The maximum atomic E-state index is 10.5. The highest BCUT2D eigenvalue weighted by molar-refractivity contribution is 5.13. The Hall–Kier alpha value is -0.890. The summed E-state index contributed by atoms with van der Waals surface area (Å²) in [7, 11) is 0. The largest absolute Gasteiger partial charge is 0.390 e. The van der Waals surface area contributed by atoms with E-state index in [-0.39, 0.29) is 0 Å². The summed E-state index contributed by atoms with van der Waals surface area (Å²) in [6.07, 6.45) is 11.2. The summed E-state index contributed by atoms with van der Waals surface area (Å²) in [5.41, 5.74) is 0.743. The topological polar surface area (TPSA) is 33.1 Å². The van der Waals surface area contributed by atoms with Gasteiger partial charge in [-0.05, 0) is 30.5 Å². The van der Waals surface area contributed by atoms with Crippen molar-refractivity contribution >= 4 is 0 Å². The van der Waals surface area contributed by atoms with Crippen LogP contribution in [0.2, 0.25) is 0 Å². The lowest BCUT2D eigenvalue weighted by Crippen LogP contribution is -2.30. The van der Waals surface area contributed by atoms with Crippen molar-refractivity contribution in [2.75, 3.05) is 0 Å². The van der Waals surface area contributed by atoms with Gasteiger partial charge in [-0.15, -0.1) is 0 Å². The Morgan fingerprint density at radius 3 is 2.27 bits per heavy atom. The summed E-state index contributed by atoms with van der Waals surface area (Å²) in [6.45, 7) is 0. The molecule has 1 aromatic heterocycles. The molecule has 1 fully saturated rings. The molecule has 82 valence electrons. The summed E-state index contributed by atoms with van der Waals surface area (Å²) in [5, 5.41) is 10.5. The number of rotatable bonds is 2. The van der Waals surface area contributed by atoms with E-state index >= 15 is 0 Å². The number of aliphatic hydroxyl groups is 1. The first-order valence-electron chi connectivity index (χ1n) is 5.90. The molecular weight excluding hydrogens is 186 g/mol. The van der Waals surface area contributed by atoms with Gasteiger partial charge in [-0.25, -0.2) is 0 Å². The molecule has 0 unspecified atom stereocenters. The number of nitrogens with zero attached hydrogens (tertiary/aromatic N) is 1. The first kappa shape index (κ1) is 10.6. The van der Waals surface area contributed by atoms with Gasteiger partial charge in [-0.3, -0.25) is 4.98 Å². The van der Waals surface area contributed by atoms with E-state index in [0.29, 0.717) is 0 Å². The smallest absolute Gasteiger partial charge is 0.0688 e. The third-order valence-electron chi connectivity index (χ3n) is 3.32. The second-order valence-corrected chi connectivity index (χ2v) is 4.67. The minimum Gasteiger partial charge on any atom is -0.390 e. The Bertz CT molecular complexity index is 289. The van der Waals surface area contributed by atoms with Gasteiger partial charge in [0.05, 0.1) is 5.60 Å². The van der Waals surface area contributed by atoms with Crippen LogP contribution in [0.15, 0.2) is 24.5 Å². The molecule has 0 aromatic carbocycles. The van der Waals surface area contributed by atoms with Crippen molar-refractivity contribution in [3.63, 3.8) is 0 Å². The van der Waals surface area contributed by atoms with Crippen molar-refractivity contribution in [1.29, 1.82) is 0 Å². The van der Waals surface area contributed by atoms with Crippen LogP contribution in [0.25, 0.3) is 0 Å². The Kier molecular flexibility index (Phi) is 3.37. The second kappa shape index (κ2) is 4.75. The summed E-state index contributed by atoms with van der Waals surface area (Å²) in [5.74, 6) is 0. The van der Waals surface area contributed by atoms with E-state index in [9.17, 15) is 5.11 Å². The second-order valence-electron chi connectivity index (χ2n) is 4.67. The van der Waals surface area contributed by atoms with Crippen LogP contribution in [0, 0.1) is 0 Å². The van der Waals surface area contributed by atoms with Crippen LogP contribution < -0.4 is 0 Å². The van der Waals surface area contributed by atoms with Crippen LogP contribution in [0.3, 0.4) is 0 Å². The first-order chi connectivity index (χ1) is 7.29. The molecule has 0 aliphatic heterocycles. The highest BCUT2D eigenvalue weighted by Crippen LogP contribution is 2.29. The average molecular weight is 205 g/mol. The van der Waals surface area contributed by atoms with Crippen LogP contribution in [0.5, 0.6) is 0 Å². The molecule has 0 saturated heterocycles. The molecule has 2 heteroatoms. The van der Waals surface area contributed by atoms with Gasteiger partial charge in [0.25, 0.3) is 0 Å². The molecule has 1 aliphatic carbocycles. The van der Waals surface area contributed by atoms with Gasteiger partial charge in [-0.2, -0.15) is 0 Å². The molecule has 0 spiro atoms. The van der Waals surface area contributed by atoms with Crippen molar-refractivity contribution in [1.82, 2.24) is 4.98 Å². The van der Waals surface area contributed by atoms with Gasteiger partial charge in [0.15, 0.2) is 0 Å². The maximum absolute atomic E-state index is 10.5. The van der Waals surface area contributed by atoms with E-state index in [1.54, 1.807) is 12.4 Å². The predicted octanol–water partition coefficient (Wildman–Crippen LogP) is 2.71. The highest BCUT2D eigenvalue weighted by Gasteiger charge is 2.27. The van der Waals surface area contributed by atoms with Crippen molar-refractivity contribution in [2.45, 2.75) is 50.5 Å². The molecule has 0 radical (unpaired) electrons. The Labute approximate surface area is 91.4 Å². The fourth-order valence-corrected chi connectivity index (χ4v) is 2.44. The zero-order valence-corrected chi connectivity index (χ0v) is 9.15. The molecule has 1 heterocycles. The minimum atomic E-state index is -0.460. The number of pyridine rings is 1. The minimum absolute atomic E-state index is 0.460. The fraction of sp³-hybridized carbons (Fsp3) is 0.615. The van der Waals surface area contributed by atoms with Gasteiger partial charge in [-0.1, -0.05) is 25.7 Å². The van der Waals surface area contributed by atoms with Crippen LogP contribution >= 0.6 is 0 Å². The van der Waals surface area contributed by atoms with Gasteiger partial charge < -0.3 is 5.11 Å². The quantitative estimate of drug-likeness (QED) is 0.753. The summed E-state index contributed by atoms with van der Waals surface area (Å²) >= 11 is 0. The van der Waals surface area contributed by atoms with Crippen molar-refractivity contribution in [2.24, 2.45) is 0 Å². The molecule has 1 saturated carbocycles. The van der Waals surface area contributed by atoms with Gasteiger partial charge in [0.2, 0.25) is 0 Å². The molecule has 2 nitrogen and oxygen atoms in total. The zero-order chi connectivity index (χ0) is 10.6. The lowest BCUT2D eigenvalue weighted by Gasteiger charge is -2.26. The molecule has 0 bridgehead atoms. The molecular formula is C13H19NO. The van der Waals surface area contributed by atoms with E-state index in [2.05, 4.69) is 4.98 Å². The molecule has 0 amide bonds. The predicted molar refractivity (Wildman–Crippen MR) is 60.6 cm³/mol. The van der Waals surface area contributed by atoms with Gasteiger partial charge >= 0.3 is 0 Å². The number of hydrogen-bond donors (Lipinski definition) is 1. The van der Waals surface area contributed by atoms with Crippen molar-refractivity contribution < 1.29 is 5.11 Å². The Balaban J connectivity index is 2.02. The third kappa shape index (κ3) is 3.03. The van der Waals surface area contributed by atoms with Gasteiger partial charge in [0, 0.05) is 18.8 Å². The average Bonchev–Trinajstić information content (AvgIpc) is 2.45.